The first kappa shape index (κ1) is 12.8. The van der Waals surface area contributed by atoms with Gasteiger partial charge in [0, 0.05) is 11.6 Å². The second-order valence-electron chi connectivity index (χ2n) is 5.98. The number of phenolic OH excluding ortho intramolecular Hbond substituents is 2. The average Bonchev–Trinajstić information content (AvgIpc) is 2.42. The summed E-state index contributed by atoms with van der Waals surface area (Å²) in [4.78, 5) is 2.63. The van der Waals surface area contributed by atoms with Gasteiger partial charge in [-0.25, -0.2) is 0 Å². The first-order chi connectivity index (χ1) is 9.20. The summed E-state index contributed by atoms with van der Waals surface area (Å²) < 4.78 is 0. The maximum atomic E-state index is 10.0. The van der Waals surface area contributed by atoms with E-state index >= 15 is 0 Å². The van der Waals surface area contributed by atoms with E-state index in [1.165, 1.54) is 37.9 Å². The van der Waals surface area contributed by atoms with E-state index in [4.69, 9.17) is 0 Å². The SMILES string of the molecule is CCCN1CCC[C@H]2Cc3c(ccc(O)c3O)C[C@@H]21. The molecule has 104 valence electrons. The average molecular weight is 261 g/mol. The van der Waals surface area contributed by atoms with Crippen molar-refractivity contribution >= 4 is 0 Å². The van der Waals surface area contributed by atoms with Gasteiger partial charge in [0.2, 0.25) is 0 Å². The van der Waals surface area contributed by atoms with Crippen LogP contribution in [0.4, 0.5) is 0 Å². The highest BCUT2D eigenvalue weighted by Gasteiger charge is 2.36. The number of nitrogens with zero attached hydrogens (tertiary/aromatic N) is 1. The molecule has 0 aromatic heterocycles. The van der Waals surface area contributed by atoms with Crippen LogP contribution in [0.1, 0.15) is 37.3 Å². The third kappa shape index (κ3) is 2.20. The molecule has 1 aliphatic carbocycles. The van der Waals surface area contributed by atoms with E-state index in [-0.39, 0.29) is 11.5 Å². The van der Waals surface area contributed by atoms with Gasteiger partial charge in [0.05, 0.1) is 0 Å². The lowest BCUT2D eigenvalue weighted by molar-refractivity contribution is 0.0848. The van der Waals surface area contributed by atoms with Gasteiger partial charge in [-0.2, -0.15) is 0 Å². The van der Waals surface area contributed by atoms with Gasteiger partial charge in [-0.1, -0.05) is 13.0 Å². The lowest BCUT2D eigenvalue weighted by Crippen LogP contribution is -2.49. The third-order valence-electron chi connectivity index (χ3n) is 4.80. The molecule has 1 fully saturated rings. The van der Waals surface area contributed by atoms with Crippen LogP contribution in [0.3, 0.4) is 0 Å². The minimum absolute atomic E-state index is 0.0263. The molecule has 2 atom stereocenters. The predicted molar refractivity (Wildman–Crippen MR) is 75.6 cm³/mol. The van der Waals surface area contributed by atoms with Crippen molar-refractivity contribution in [2.45, 2.75) is 45.1 Å². The number of hydrogen-bond donors (Lipinski definition) is 2. The Labute approximate surface area is 114 Å². The Hall–Kier alpha value is -1.22. The number of phenols is 2. The zero-order valence-corrected chi connectivity index (χ0v) is 11.6. The molecule has 0 amide bonds. The van der Waals surface area contributed by atoms with Crippen LogP contribution in [0.15, 0.2) is 12.1 Å². The number of likely N-dealkylation sites (tertiary alicyclic amines) is 1. The molecular weight excluding hydrogens is 238 g/mol. The van der Waals surface area contributed by atoms with Crippen LogP contribution in [0.5, 0.6) is 11.5 Å². The molecule has 0 radical (unpaired) electrons. The third-order valence-corrected chi connectivity index (χ3v) is 4.80. The van der Waals surface area contributed by atoms with Gasteiger partial charge < -0.3 is 10.2 Å². The summed E-state index contributed by atoms with van der Waals surface area (Å²) in [5.74, 6) is 0.780. The van der Waals surface area contributed by atoms with E-state index in [0.717, 1.165) is 18.4 Å². The molecule has 0 spiro atoms. The summed E-state index contributed by atoms with van der Waals surface area (Å²) >= 11 is 0. The maximum Gasteiger partial charge on any atom is 0.160 e. The van der Waals surface area contributed by atoms with E-state index in [0.29, 0.717) is 12.0 Å². The molecule has 0 unspecified atom stereocenters. The van der Waals surface area contributed by atoms with E-state index < -0.39 is 0 Å². The van der Waals surface area contributed by atoms with Crippen molar-refractivity contribution in [3.63, 3.8) is 0 Å². The van der Waals surface area contributed by atoms with Gasteiger partial charge in [0.25, 0.3) is 0 Å². The van der Waals surface area contributed by atoms with Crippen molar-refractivity contribution < 1.29 is 10.2 Å². The molecule has 1 aromatic rings. The number of fused-ring (bicyclic) bond motifs is 2. The van der Waals surface area contributed by atoms with E-state index in [1.54, 1.807) is 6.07 Å². The van der Waals surface area contributed by atoms with Crippen LogP contribution in [-0.4, -0.2) is 34.2 Å². The van der Waals surface area contributed by atoms with Crippen molar-refractivity contribution in [2.24, 2.45) is 5.92 Å². The Morgan fingerprint density at radius 2 is 2.11 bits per heavy atom. The number of hydrogen-bond acceptors (Lipinski definition) is 3. The number of benzene rings is 1. The molecule has 1 heterocycles. The Bertz CT molecular complexity index is 470. The highest BCUT2D eigenvalue weighted by atomic mass is 16.3. The summed E-state index contributed by atoms with van der Waals surface area (Å²) in [5.41, 5.74) is 2.21. The molecule has 3 rings (SSSR count). The normalized spacial score (nSPS) is 26.8. The van der Waals surface area contributed by atoms with Gasteiger partial charge in [0.1, 0.15) is 0 Å². The fourth-order valence-electron chi connectivity index (χ4n) is 3.88. The Kier molecular flexibility index (Phi) is 3.40. The predicted octanol–water partition coefficient (Wildman–Crippen LogP) is 2.69. The fraction of sp³-hybridized carbons (Fsp3) is 0.625. The molecular formula is C16H23NO2. The summed E-state index contributed by atoms with van der Waals surface area (Å²) in [6, 6.07) is 4.24. The van der Waals surface area contributed by atoms with Crippen molar-refractivity contribution in [1.29, 1.82) is 0 Å². The summed E-state index contributed by atoms with van der Waals surface area (Å²) in [7, 11) is 0. The molecule has 3 heteroatoms. The number of piperidine rings is 1. The van der Waals surface area contributed by atoms with Crippen LogP contribution in [-0.2, 0) is 12.8 Å². The second kappa shape index (κ2) is 5.04. The highest BCUT2D eigenvalue weighted by molar-refractivity contribution is 5.50. The highest BCUT2D eigenvalue weighted by Crippen LogP contribution is 2.41. The minimum Gasteiger partial charge on any atom is -0.504 e. The van der Waals surface area contributed by atoms with Gasteiger partial charge in [-0.15, -0.1) is 0 Å². The quantitative estimate of drug-likeness (QED) is 0.804. The van der Waals surface area contributed by atoms with Crippen LogP contribution in [0.2, 0.25) is 0 Å². The molecule has 1 saturated heterocycles. The lowest BCUT2D eigenvalue weighted by atomic mass is 9.75. The van der Waals surface area contributed by atoms with E-state index in [9.17, 15) is 10.2 Å². The maximum absolute atomic E-state index is 10.0. The van der Waals surface area contributed by atoms with Crippen molar-refractivity contribution in [3.8, 4) is 11.5 Å². The zero-order chi connectivity index (χ0) is 13.4. The van der Waals surface area contributed by atoms with Crippen LogP contribution in [0.25, 0.3) is 0 Å². The van der Waals surface area contributed by atoms with Crippen molar-refractivity contribution in [1.82, 2.24) is 4.90 Å². The molecule has 1 aliphatic heterocycles. The lowest BCUT2D eigenvalue weighted by Gasteiger charge is -2.44. The summed E-state index contributed by atoms with van der Waals surface area (Å²) in [6.07, 6.45) is 5.65. The smallest absolute Gasteiger partial charge is 0.160 e. The first-order valence-corrected chi connectivity index (χ1v) is 7.47. The minimum atomic E-state index is 0.0263. The van der Waals surface area contributed by atoms with Gasteiger partial charge in [-0.05, 0) is 62.7 Å². The van der Waals surface area contributed by atoms with Crippen LogP contribution >= 0.6 is 0 Å². The molecule has 0 saturated carbocycles. The van der Waals surface area contributed by atoms with Crippen molar-refractivity contribution in [3.05, 3.63) is 23.3 Å². The summed E-state index contributed by atoms with van der Waals surface area (Å²) in [6.45, 7) is 4.64. The van der Waals surface area contributed by atoms with E-state index in [1.807, 2.05) is 6.07 Å². The molecule has 2 aliphatic rings. The van der Waals surface area contributed by atoms with Gasteiger partial charge in [0.15, 0.2) is 11.5 Å². The first-order valence-electron chi connectivity index (χ1n) is 7.47. The topological polar surface area (TPSA) is 43.7 Å². The van der Waals surface area contributed by atoms with Crippen molar-refractivity contribution in [2.75, 3.05) is 13.1 Å². The molecule has 0 bridgehead atoms. The second-order valence-corrected chi connectivity index (χ2v) is 5.98. The Balaban J connectivity index is 1.90. The van der Waals surface area contributed by atoms with Gasteiger partial charge >= 0.3 is 0 Å². The van der Waals surface area contributed by atoms with Crippen LogP contribution < -0.4 is 0 Å². The van der Waals surface area contributed by atoms with E-state index in [2.05, 4.69) is 11.8 Å². The largest absolute Gasteiger partial charge is 0.504 e. The summed E-state index contributed by atoms with van der Waals surface area (Å²) in [5, 5.41) is 19.7. The van der Waals surface area contributed by atoms with Crippen LogP contribution in [0, 0.1) is 5.92 Å². The Morgan fingerprint density at radius 1 is 1.26 bits per heavy atom. The number of rotatable bonds is 2. The molecule has 1 aromatic carbocycles. The number of aromatic hydroxyl groups is 2. The zero-order valence-electron chi connectivity index (χ0n) is 11.6. The molecule has 19 heavy (non-hydrogen) atoms. The Morgan fingerprint density at radius 3 is 2.89 bits per heavy atom. The van der Waals surface area contributed by atoms with Gasteiger partial charge in [-0.3, -0.25) is 4.90 Å². The fourth-order valence-corrected chi connectivity index (χ4v) is 3.88. The monoisotopic (exact) mass is 261 g/mol. The molecule has 3 nitrogen and oxygen atoms in total. The standard InChI is InChI=1S/C16H23NO2/c1-2-7-17-8-3-4-12-9-13-11(10-14(12)17)5-6-15(18)16(13)19/h5-6,12,14,18-19H,2-4,7-10H2,1H3/t12-,14-/m0/s1. The molecule has 2 N–H and O–H groups in total.